The van der Waals surface area contributed by atoms with Gasteiger partial charge in [0.05, 0.1) is 6.10 Å². The standard InChI is InChI=1S/C21H27NO3/c1-5-24-21(4,15-10-11-15)20(23)22-18-12-13-19(25-14(2)3)17-9-7-6-8-16(17)18/h6-9,12-15H,5,10-11H2,1-4H3,(H,22,23)/t21-/m1/s1. The van der Waals surface area contributed by atoms with Crippen molar-refractivity contribution in [1.82, 2.24) is 0 Å². The summed E-state index contributed by atoms with van der Waals surface area (Å²) in [6.07, 6.45) is 2.19. The van der Waals surface area contributed by atoms with Crippen molar-refractivity contribution in [2.24, 2.45) is 5.92 Å². The van der Waals surface area contributed by atoms with E-state index in [1.54, 1.807) is 0 Å². The summed E-state index contributed by atoms with van der Waals surface area (Å²) in [7, 11) is 0. The monoisotopic (exact) mass is 341 g/mol. The van der Waals surface area contributed by atoms with E-state index in [0.717, 1.165) is 35.1 Å². The lowest BCUT2D eigenvalue weighted by Gasteiger charge is -2.28. The van der Waals surface area contributed by atoms with Crippen molar-refractivity contribution >= 4 is 22.4 Å². The van der Waals surface area contributed by atoms with Crippen molar-refractivity contribution in [3.8, 4) is 5.75 Å². The zero-order valence-corrected chi connectivity index (χ0v) is 15.5. The van der Waals surface area contributed by atoms with Gasteiger partial charge in [-0.2, -0.15) is 0 Å². The van der Waals surface area contributed by atoms with Gasteiger partial charge in [-0.1, -0.05) is 24.3 Å². The van der Waals surface area contributed by atoms with Crippen molar-refractivity contribution in [3.63, 3.8) is 0 Å². The van der Waals surface area contributed by atoms with E-state index in [9.17, 15) is 4.79 Å². The van der Waals surface area contributed by atoms with Crippen LogP contribution in [0.1, 0.15) is 40.5 Å². The number of fused-ring (bicyclic) bond motifs is 1. The first-order valence-electron chi connectivity index (χ1n) is 9.09. The molecule has 0 aliphatic heterocycles. The maximum absolute atomic E-state index is 12.9. The SMILES string of the molecule is CCO[C@@](C)(C(=O)Nc1ccc(OC(C)C)c2ccccc12)C1CC1. The Labute approximate surface area is 149 Å². The second kappa shape index (κ2) is 7.04. The van der Waals surface area contributed by atoms with E-state index in [0.29, 0.717) is 12.5 Å². The van der Waals surface area contributed by atoms with E-state index in [1.165, 1.54) is 0 Å². The Morgan fingerprint density at radius 3 is 2.48 bits per heavy atom. The topological polar surface area (TPSA) is 47.6 Å². The Kier molecular flexibility index (Phi) is 5.00. The maximum Gasteiger partial charge on any atom is 0.256 e. The zero-order chi connectivity index (χ0) is 18.0. The Morgan fingerprint density at radius 2 is 1.88 bits per heavy atom. The largest absolute Gasteiger partial charge is 0.490 e. The third-order valence-corrected chi connectivity index (χ3v) is 4.75. The fraction of sp³-hybridized carbons (Fsp3) is 0.476. The van der Waals surface area contributed by atoms with Gasteiger partial charge >= 0.3 is 0 Å². The molecule has 0 saturated heterocycles. The van der Waals surface area contributed by atoms with E-state index in [2.05, 4.69) is 5.32 Å². The third kappa shape index (κ3) is 3.64. The summed E-state index contributed by atoms with van der Waals surface area (Å²) in [6, 6.07) is 11.8. The number of ether oxygens (including phenoxy) is 2. The molecular formula is C21H27NO3. The fourth-order valence-corrected chi connectivity index (χ4v) is 3.29. The number of hydrogen-bond donors (Lipinski definition) is 1. The quantitative estimate of drug-likeness (QED) is 0.789. The van der Waals surface area contributed by atoms with Gasteiger partial charge in [0.1, 0.15) is 11.4 Å². The van der Waals surface area contributed by atoms with Gasteiger partial charge in [-0.3, -0.25) is 4.79 Å². The summed E-state index contributed by atoms with van der Waals surface area (Å²) in [5.74, 6) is 1.07. The van der Waals surface area contributed by atoms with Crippen molar-refractivity contribution < 1.29 is 14.3 Å². The number of anilines is 1. The summed E-state index contributed by atoms with van der Waals surface area (Å²) in [5, 5.41) is 5.07. The van der Waals surface area contributed by atoms with E-state index in [1.807, 2.05) is 64.1 Å². The van der Waals surface area contributed by atoms with Crippen LogP contribution in [-0.4, -0.2) is 24.2 Å². The highest BCUT2D eigenvalue weighted by Crippen LogP contribution is 2.43. The minimum absolute atomic E-state index is 0.0699. The fourth-order valence-electron chi connectivity index (χ4n) is 3.29. The van der Waals surface area contributed by atoms with Crippen molar-refractivity contribution in [2.75, 3.05) is 11.9 Å². The van der Waals surface area contributed by atoms with Crippen LogP contribution < -0.4 is 10.1 Å². The molecule has 0 unspecified atom stereocenters. The average molecular weight is 341 g/mol. The van der Waals surface area contributed by atoms with E-state index in [-0.39, 0.29) is 12.0 Å². The van der Waals surface area contributed by atoms with Crippen LogP contribution in [-0.2, 0) is 9.53 Å². The minimum Gasteiger partial charge on any atom is -0.490 e. The molecule has 1 aliphatic carbocycles. The van der Waals surface area contributed by atoms with Crippen LogP contribution in [0.15, 0.2) is 36.4 Å². The normalized spacial score (nSPS) is 16.7. The minimum atomic E-state index is -0.761. The number of nitrogens with one attached hydrogen (secondary N) is 1. The molecule has 4 nitrogen and oxygen atoms in total. The number of hydrogen-bond acceptors (Lipinski definition) is 3. The Morgan fingerprint density at radius 1 is 1.20 bits per heavy atom. The van der Waals surface area contributed by atoms with E-state index in [4.69, 9.17) is 9.47 Å². The molecule has 1 saturated carbocycles. The summed E-state index contributed by atoms with van der Waals surface area (Å²) in [4.78, 5) is 12.9. The van der Waals surface area contributed by atoms with Gasteiger partial charge in [0.2, 0.25) is 0 Å². The predicted octanol–water partition coefficient (Wildman–Crippen LogP) is 4.77. The van der Waals surface area contributed by atoms with Crippen LogP contribution in [0.5, 0.6) is 5.75 Å². The first-order chi connectivity index (χ1) is 12.0. The summed E-state index contributed by atoms with van der Waals surface area (Å²) >= 11 is 0. The van der Waals surface area contributed by atoms with Gasteiger partial charge in [-0.15, -0.1) is 0 Å². The molecule has 2 aromatic carbocycles. The Balaban J connectivity index is 1.92. The number of carbonyl (C=O) groups is 1. The van der Waals surface area contributed by atoms with Gasteiger partial charge in [0.15, 0.2) is 0 Å². The van der Waals surface area contributed by atoms with Gasteiger partial charge in [-0.05, 0) is 58.6 Å². The molecule has 25 heavy (non-hydrogen) atoms. The highest BCUT2D eigenvalue weighted by molar-refractivity contribution is 6.06. The molecule has 1 N–H and O–H groups in total. The molecular weight excluding hydrogens is 314 g/mol. The van der Waals surface area contributed by atoms with Crippen molar-refractivity contribution in [3.05, 3.63) is 36.4 Å². The Hall–Kier alpha value is -2.07. The molecule has 134 valence electrons. The second-order valence-corrected chi connectivity index (χ2v) is 7.09. The number of benzene rings is 2. The number of rotatable bonds is 7. The molecule has 1 atom stereocenters. The lowest BCUT2D eigenvalue weighted by atomic mass is 9.98. The molecule has 1 fully saturated rings. The highest BCUT2D eigenvalue weighted by atomic mass is 16.5. The van der Waals surface area contributed by atoms with Gasteiger partial charge < -0.3 is 14.8 Å². The van der Waals surface area contributed by atoms with Gasteiger partial charge in [-0.25, -0.2) is 0 Å². The first kappa shape index (κ1) is 17.7. The van der Waals surface area contributed by atoms with Gasteiger partial charge in [0, 0.05) is 23.1 Å². The smallest absolute Gasteiger partial charge is 0.256 e. The van der Waals surface area contributed by atoms with Gasteiger partial charge in [0.25, 0.3) is 5.91 Å². The molecule has 0 aromatic heterocycles. The van der Waals surface area contributed by atoms with Crippen LogP contribution in [0.2, 0.25) is 0 Å². The molecule has 3 rings (SSSR count). The molecule has 4 heteroatoms. The summed E-state index contributed by atoms with van der Waals surface area (Å²) in [5.41, 5.74) is 0.0338. The molecule has 2 aromatic rings. The molecule has 0 bridgehead atoms. The lowest BCUT2D eigenvalue weighted by molar-refractivity contribution is -0.141. The van der Waals surface area contributed by atoms with Crippen LogP contribution in [0.3, 0.4) is 0 Å². The van der Waals surface area contributed by atoms with Crippen molar-refractivity contribution in [1.29, 1.82) is 0 Å². The summed E-state index contributed by atoms with van der Waals surface area (Å²) in [6.45, 7) is 8.38. The average Bonchev–Trinajstić information content (AvgIpc) is 3.42. The lowest BCUT2D eigenvalue weighted by Crippen LogP contribution is -2.44. The number of carbonyl (C=O) groups excluding carboxylic acids is 1. The number of amides is 1. The Bertz CT molecular complexity index is 767. The predicted molar refractivity (Wildman–Crippen MR) is 101 cm³/mol. The van der Waals surface area contributed by atoms with Crippen LogP contribution in [0, 0.1) is 5.92 Å². The van der Waals surface area contributed by atoms with Crippen LogP contribution >= 0.6 is 0 Å². The second-order valence-electron chi connectivity index (χ2n) is 7.09. The van der Waals surface area contributed by atoms with Crippen LogP contribution in [0.4, 0.5) is 5.69 Å². The first-order valence-corrected chi connectivity index (χ1v) is 9.09. The molecule has 0 spiro atoms. The zero-order valence-electron chi connectivity index (χ0n) is 15.5. The molecule has 1 amide bonds. The molecule has 0 radical (unpaired) electrons. The molecule has 0 heterocycles. The third-order valence-electron chi connectivity index (χ3n) is 4.75. The van der Waals surface area contributed by atoms with E-state index < -0.39 is 5.60 Å². The summed E-state index contributed by atoms with van der Waals surface area (Å²) < 4.78 is 11.7. The molecule has 1 aliphatic rings. The van der Waals surface area contributed by atoms with E-state index >= 15 is 0 Å². The van der Waals surface area contributed by atoms with Crippen molar-refractivity contribution in [2.45, 2.75) is 52.2 Å². The van der Waals surface area contributed by atoms with Crippen LogP contribution in [0.25, 0.3) is 10.8 Å². The highest BCUT2D eigenvalue weighted by Gasteiger charge is 2.48. The maximum atomic E-state index is 12.9.